The van der Waals surface area contributed by atoms with E-state index in [2.05, 4.69) is 30.9 Å². The van der Waals surface area contributed by atoms with Gasteiger partial charge in [0.15, 0.2) is 0 Å². The first kappa shape index (κ1) is 10.1. The molecule has 0 spiro atoms. The smallest absolute Gasteiger partial charge is 0.0311 e. The average Bonchev–Trinajstić information content (AvgIpc) is 2.10. The summed E-state index contributed by atoms with van der Waals surface area (Å²) in [6, 6.07) is 0.610. The lowest BCUT2D eigenvalue weighted by molar-refractivity contribution is 0.466. The molecule has 0 amide bonds. The third-order valence-electron chi connectivity index (χ3n) is 2.47. The molecule has 2 nitrogen and oxygen atoms in total. The van der Waals surface area contributed by atoms with Gasteiger partial charge in [-0.15, -0.1) is 0 Å². The molecule has 0 heterocycles. The van der Waals surface area contributed by atoms with E-state index in [0.717, 1.165) is 18.8 Å². The van der Waals surface area contributed by atoms with Crippen LogP contribution >= 0.6 is 12.6 Å². The number of rotatable bonds is 5. The molecule has 0 saturated heterocycles. The minimum absolute atomic E-state index is 0.515. The molecule has 0 aromatic carbocycles. The van der Waals surface area contributed by atoms with Gasteiger partial charge in [-0.25, -0.2) is 0 Å². The van der Waals surface area contributed by atoms with Crippen molar-refractivity contribution in [3.05, 3.63) is 11.6 Å². The first-order valence-electron chi connectivity index (χ1n) is 4.49. The maximum absolute atomic E-state index is 5.56. The predicted octanol–water partition coefficient (Wildman–Crippen LogP) is 0.799. The zero-order valence-electron chi connectivity index (χ0n) is 7.59. The molecule has 1 rings (SSSR count). The lowest BCUT2D eigenvalue weighted by atomic mass is 9.93. The van der Waals surface area contributed by atoms with Crippen LogP contribution in [0.15, 0.2) is 11.6 Å². The normalized spacial score (nSPS) is 24.6. The highest BCUT2D eigenvalue weighted by atomic mass is 32.1. The van der Waals surface area contributed by atoms with Gasteiger partial charge in [-0.2, -0.15) is 12.6 Å². The lowest BCUT2D eigenvalue weighted by Crippen LogP contribution is -2.39. The van der Waals surface area contributed by atoms with Gasteiger partial charge in [-0.05, 0) is 31.6 Å². The summed E-state index contributed by atoms with van der Waals surface area (Å²) in [5.41, 5.74) is 7.02. The van der Waals surface area contributed by atoms with E-state index < -0.39 is 0 Å². The maximum atomic E-state index is 5.56. The summed E-state index contributed by atoms with van der Waals surface area (Å²) < 4.78 is 0. The number of hydrogen-bond donors (Lipinski definition) is 3. The molecule has 12 heavy (non-hydrogen) atoms. The second-order valence-electron chi connectivity index (χ2n) is 3.43. The number of thiol groups is 1. The van der Waals surface area contributed by atoms with E-state index in [1.165, 1.54) is 12.0 Å². The van der Waals surface area contributed by atoms with Crippen molar-refractivity contribution in [2.75, 3.05) is 18.8 Å². The van der Waals surface area contributed by atoms with Crippen molar-refractivity contribution < 1.29 is 0 Å². The van der Waals surface area contributed by atoms with E-state index in [4.69, 9.17) is 5.73 Å². The Labute approximate surface area is 80.0 Å². The Morgan fingerprint density at radius 3 is 2.92 bits per heavy atom. The molecule has 0 aliphatic heterocycles. The van der Waals surface area contributed by atoms with Crippen molar-refractivity contribution in [1.82, 2.24) is 5.32 Å². The van der Waals surface area contributed by atoms with Crippen LogP contribution in [0.4, 0.5) is 0 Å². The third kappa shape index (κ3) is 2.51. The third-order valence-corrected chi connectivity index (χ3v) is 2.99. The van der Waals surface area contributed by atoms with E-state index in [9.17, 15) is 0 Å². The fraction of sp³-hybridized carbons (Fsp3) is 0.778. The standard InChI is InChI=1S/C9H18N2S/c1-7-2-3-9(7)11-5-8(4-10)6-12/h2,8-9,11-12H,3-6,10H2,1H3/t8-,9+/m1/s1. The molecule has 3 heteroatoms. The topological polar surface area (TPSA) is 38.0 Å². The minimum Gasteiger partial charge on any atom is -0.330 e. The molecule has 3 N–H and O–H groups in total. The van der Waals surface area contributed by atoms with Gasteiger partial charge in [0.1, 0.15) is 0 Å². The highest BCUT2D eigenvalue weighted by Crippen LogP contribution is 2.17. The highest BCUT2D eigenvalue weighted by molar-refractivity contribution is 7.80. The van der Waals surface area contributed by atoms with Crippen LogP contribution in [-0.2, 0) is 0 Å². The first-order valence-corrected chi connectivity index (χ1v) is 5.12. The van der Waals surface area contributed by atoms with Crippen molar-refractivity contribution in [3.8, 4) is 0 Å². The van der Waals surface area contributed by atoms with E-state index in [1.54, 1.807) is 0 Å². The molecule has 1 aliphatic rings. The Balaban J connectivity index is 2.12. The number of nitrogens with two attached hydrogens (primary N) is 1. The van der Waals surface area contributed by atoms with Crippen molar-refractivity contribution in [3.63, 3.8) is 0 Å². The minimum atomic E-state index is 0.515. The van der Waals surface area contributed by atoms with Gasteiger partial charge in [0, 0.05) is 12.6 Å². The summed E-state index contributed by atoms with van der Waals surface area (Å²) in [7, 11) is 0. The van der Waals surface area contributed by atoms with E-state index in [1.807, 2.05) is 0 Å². The molecule has 2 atom stereocenters. The molecular formula is C9H18N2S. The van der Waals surface area contributed by atoms with Crippen LogP contribution in [0.3, 0.4) is 0 Å². The monoisotopic (exact) mass is 186 g/mol. The molecule has 0 fully saturated rings. The highest BCUT2D eigenvalue weighted by Gasteiger charge is 2.17. The van der Waals surface area contributed by atoms with E-state index >= 15 is 0 Å². The van der Waals surface area contributed by atoms with Crippen LogP contribution in [0.2, 0.25) is 0 Å². The molecule has 0 bridgehead atoms. The zero-order chi connectivity index (χ0) is 8.97. The maximum Gasteiger partial charge on any atom is 0.0311 e. The van der Waals surface area contributed by atoms with Crippen LogP contribution in [-0.4, -0.2) is 24.9 Å². The van der Waals surface area contributed by atoms with Gasteiger partial charge in [0.2, 0.25) is 0 Å². The molecule has 0 aromatic heterocycles. The molecule has 70 valence electrons. The number of nitrogens with one attached hydrogen (secondary N) is 1. The van der Waals surface area contributed by atoms with Crippen LogP contribution in [0.5, 0.6) is 0 Å². The van der Waals surface area contributed by atoms with Gasteiger partial charge in [0.05, 0.1) is 0 Å². The van der Waals surface area contributed by atoms with Crippen molar-refractivity contribution in [2.45, 2.75) is 19.4 Å². The molecule has 0 aromatic rings. The quantitative estimate of drug-likeness (QED) is 0.439. The zero-order valence-corrected chi connectivity index (χ0v) is 8.48. The van der Waals surface area contributed by atoms with Gasteiger partial charge in [-0.1, -0.05) is 11.6 Å². The fourth-order valence-electron chi connectivity index (χ4n) is 1.25. The molecular weight excluding hydrogens is 168 g/mol. The van der Waals surface area contributed by atoms with Crippen LogP contribution < -0.4 is 11.1 Å². The molecule has 0 radical (unpaired) electrons. The van der Waals surface area contributed by atoms with E-state index in [-0.39, 0.29) is 0 Å². The fourth-order valence-corrected chi connectivity index (χ4v) is 1.53. The van der Waals surface area contributed by atoms with Crippen LogP contribution in [0.25, 0.3) is 0 Å². The summed E-state index contributed by atoms with van der Waals surface area (Å²) in [6.07, 6.45) is 3.44. The van der Waals surface area contributed by atoms with Gasteiger partial charge in [-0.3, -0.25) is 0 Å². The molecule has 0 saturated carbocycles. The predicted molar refractivity (Wildman–Crippen MR) is 56.6 cm³/mol. The van der Waals surface area contributed by atoms with Crippen molar-refractivity contribution in [2.24, 2.45) is 11.7 Å². The Bertz CT molecular complexity index is 164. The lowest BCUT2D eigenvalue weighted by Gasteiger charge is -2.27. The van der Waals surface area contributed by atoms with Gasteiger partial charge >= 0.3 is 0 Å². The average molecular weight is 186 g/mol. The van der Waals surface area contributed by atoms with Crippen molar-refractivity contribution >= 4 is 12.6 Å². The SMILES string of the molecule is CC1=CC[C@@H]1NC[C@@H](CN)CS. The Kier molecular flexibility index (Phi) is 4.12. The second-order valence-corrected chi connectivity index (χ2v) is 3.79. The Hall–Kier alpha value is 0.0100. The van der Waals surface area contributed by atoms with E-state index in [0.29, 0.717) is 12.0 Å². The summed E-state index contributed by atoms with van der Waals surface area (Å²) in [4.78, 5) is 0. The first-order chi connectivity index (χ1) is 5.77. The summed E-state index contributed by atoms with van der Waals surface area (Å²) in [5.74, 6) is 1.39. The summed E-state index contributed by atoms with van der Waals surface area (Å²) in [6.45, 7) is 3.89. The molecule has 1 aliphatic carbocycles. The van der Waals surface area contributed by atoms with Gasteiger partial charge < -0.3 is 11.1 Å². The summed E-state index contributed by atoms with van der Waals surface area (Å²) in [5, 5.41) is 3.47. The van der Waals surface area contributed by atoms with Crippen molar-refractivity contribution in [1.29, 1.82) is 0 Å². The van der Waals surface area contributed by atoms with Crippen LogP contribution in [0.1, 0.15) is 13.3 Å². The van der Waals surface area contributed by atoms with Crippen LogP contribution in [0, 0.1) is 5.92 Å². The largest absolute Gasteiger partial charge is 0.330 e. The Morgan fingerprint density at radius 1 is 1.83 bits per heavy atom. The molecule has 0 unspecified atom stereocenters. The Morgan fingerprint density at radius 2 is 2.58 bits per heavy atom. The number of hydrogen-bond acceptors (Lipinski definition) is 3. The summed E-state index contributed by atoms with van der Waals surface area (Å²) >= 11 is 4.23. The van der Waals surface area contributed by atoms with Gasteiger partial charge in [0.25, 0.3) is 0 Å². The second kappa shape index (κ2) is 4.90.